The van der Waals surface area contributed by atoms with Gasteiger partial charge in [0.25, 0.3) is 0 Å². The number of anilines is 1. The summed E-state index contributed by atoms with van der Waals surface area (Å²) in [6.45, 7) is 0.00413. The summed E-state index contributed by atoms with van der Waals surface area (Å²) in [5.74, 6) is -0.372. The van der Waals surface area contributed by atoms with Crippen LogP contribution in [0.25, 0.3) is 0 Å². The molecule has 0 saturated heterocycles. The molecule has 6 nitrogen and oxygen atoms in total. The van der Waals surface area contributed by atoms with Gasteiger partial charge in [-0.15, -0.1) is 13.2 Å². The van der Waals surface area contributed by atoms with Crippen molar-refractivity contribution in [2.45, 2.75) is 12.9 Å². The van der Waals surface area contributed by atoms with Crippen LogP contribution in [0.5, 0.6) is 17.2 Å². The lowest BCUT2D eigenvalue weighted by molar-refractivity contribution is -0.274. The molecule has 0 spiro atoms. The Kier molecular flexibility index (Phi) is 5.58. The molecule has 0 aliphatic carbocycles. The van der Waals surface area contributed by atoms with Gasteiger partial charge in [-0.25, -0.2) is 4.99 Å². The molecular formula is C16H16F3N3O3. The number of nitrogens with zero attached hydrogens (tertiary/aromatic N) is 1. The molecule has 2 aromatic carbocycles. The molecule has 9 heteroatoms. The first-order valence-corrected chi connectivity index (χ1v) is 7.06. The van der Waals surface area contributed by atoms with Gasteiger partial charge in [-0.1, -0.05) is 24.3 Å². The number of hydrogen-bond donors (Lipinski definition) is 3. The summed E-state index contributed by atoms with van der Waals surface area (Å²) in [6.07, 6.45) is -4.82. The lowest BCUT2D eigenvalue weighted by Crippen LogP contribution is -2.24. The van der Waals surface area contributed by atoms with E-state index in [2.05, 4.69) is 15.0 Å². The number of nitrogens with one attached hydrogen (secondary N) is 1. The molecule has 0 atom stereocenters. The highest BCUT2D eigenvalue weighted by molar-refractivity contribution is 5.93. The fourth-order valence-corrected chi connectivity index (χ4v) is 1.99. The number of nitrogens with two attached hydrogens (primary N) is 1. The molecule has 0 heterocycles. The van der Waals surface area contributed by atoms with Crippen molar-refractivity contribution in [1.29, 1.82) is 0 Å². The minimum atomic E-state index is -4.82. The van der Waals surface area contributed by atoms with Gasteiger partial charge in [0.2, 0.25) is 0 Å². The van der Waals surface area contributed by atoms with E-state index in [4.69, 9.17) is 10.5 Å². The minimum Gasteiger partial charge on any atom is -0.504 e. The molecule has 134 valence electrons. The van der Waals surface area contributed by atoms with Crippen molar-refractivity contribution in [3.05, 3.63) is 48.0 Å². The third-order valence-corrected chi connectivity index (χ3v) is 3.10. The van der Waals surface area contributed by atoms with Crippen molar-refractivity contribution in [1.82, 2.24) is 0 Å². The number of aromatic hydroxyl groups is 1. The molecule has 0 unspecified atom stereocenters. The Morgan fingerprint density at radius 2 is 1.84 bits per heavy atom. The van der Waals surface area contributed by atoms with Crippen molar-refractivity contribution in [2.75, 3.05) is 12.4 Å². The van der Waals surface area contributed by atoms with E-state index < -0.39 is 12.1 Å². The highest BCUT2D eigenvalue weighted by Gasteiger charge is 2.32. The molecule has 0 amide bonds. The number of guanidine groups is 1. The first-order chi connectivity index (χ1) is 11.8. The van der Waals surface area contributed by atoms with Crippen molar-refractivity contribution >= 4 is 11.6 Å². The van der Waals surface area contributed by atoms with E-state index in [0.717, 1.165) is 6.07 Å². The van der Waals surface area contributed by atoms with Crippen LogP contribution in [-0.4, -0.2) is 24.5 Å². The van der Waals surface area contributed by atoms with Crippen LogP contribution >= 0.6 is 0 Å². The molecule has 0 bridgehead atoms. The van der Waals surface area contributed by atoms with Crippen molar-refractivity contribution in [3.8, 4) is 17.2 Å². The molecule has 0 saturated carbocycles. The van der Waals surface area contributed by atoms with Crippen LogP contribution < -0.4 is 20.5 Å². The van der Waals surface area contributed by atoms with E-state index in [0.29, 0.717) is 5.56 Å². The quantitative estimate of drug-likeness (QED) is 0.566. The molecule has 25 heavy (non-hydrogen) atoms. The molecule has 4 N–H and O–H groups in total. The van der Waals surface area contributed by atoms with Crippen molar-refractivity contribution < 1.29 is 27.8 Å². The Bertz CT molecular complexity index is 764. The number of halogens is 3. The Balaban J connectivity index is 2.12. The van der Waals surface area contributed by atoms with E-state index in [1.54, 1.807) is 18.2 Å². The Labute approximate surface area is 141 Å². The highest BCUT2D eigenvalue weighted by Crippen LogP contribution is 2.31. The zero-order valence-electron chi connectivity index (χ0n) is 13.2. The Morgan fingerprint density at radius 3 is 2.52 bits per heavy atom. The van der Waals surface area contributed by atoms with Crippen LogP contribution in [0.1, 0.15) is 5.56 Å². The average molecular weight is 355 g/mol. The smallest absolute Gasteiger partial charge is 0.504 e. The second-order valence-corrected chi connectivity index (χ2v) is 4.84. The molecule has 0 aliphatic heterocycles. The SMILES string of the molecule is COc1cccc(CN=C(N)Nc2ccccc2OC(F)(F)F)c1O. The highest BCUT2D eigenvalue weighted by atomic mass is 19.4. The standard InChI is InChI=1S/C16H16F3N3O3/c1-24-13-8-4-5-10(14(13)23)9-21-15(20)22-11-6-2-3-7-12(11)25-16(17,18)19/h2-8,23H,9H2,1H3,(H3,20,21,22). The summed E-state index contributed by atoms with van der Waals surface area (Å²) < 4.78 is 46.1. The van der Waals surface area contributed by atoms with Crippen LogP contribution in [0.4, 0.5) is 18.9 Å². The molecule has 0 radical (unpaired) electrons. The van der Waals surface area contributed by atoms with Gasteiger partial charge in [0.1, 0.15) is 0 Å². The maximum Gasteiger partial charge on any atom is 0.573 e. The molecule has 0 aromatic heterocycles. The van der Waals surface area contributed by atoms with Gasteiger partial charge in [-0.2, -0.15) is 0 Å². The summed E-state index contributed by atoms with van der Waals surface area (Å²) in [6, 6.07) is 10.3. The van der Waals surface area contributed by atoms with Crippen molar-refractivity contribution in [3.63, 3.8) is 0 Å². The van der Waals surface area contributed by atoms with Crippen LogP contribution in [0, 0.1) is 0 Å². The lowest BCUT2D eigenvalue weighted by atomic mass is 10.2. The predicted molar refractivity (Wildman–Crippen MR) is 86.7 cm³/mol. The summed E-state index contributed by atoms with van der Waals surface area (Å²) in [4.78, 5) is 3.99. The topological polar surface area (TPSA) is 89.1 Å². The Hall–Kier alpha value is -3.10. The monoisotopic (exact) mass is 355 g/mol. The number of aliphatic imine (C=N–C) groups is 1. The second kappa shape index (κ2) is 7.65. The van der Waals surface area contributed by atoms with Crippen LogP contribution in [0.3, 0.4) is 0 Å². The third-order valence-electron chi connectivity index (χ3n) is 3.10. The number of alkyl halides is 3. The number of benzene rings is 2. The van der Waals surface area contributed by atoms with E-state index >= 15 is 0 Å². The van der Waals surface area contributed by atoms with Crippen LogP contribution in [-0.2, 0) is 6.54 Å². The van der Waals surface area contributed by atoms with Gasteiger partial charge in [0.15, 0.2) is 23.2 Å². The summed E-state index contributed by atoms with van der Waals surface area (Å²) in [5.41, 5.74) is 6.15. The summed E-state index contributed by atoms with van der Waals surface area (Å²) in [7, 11) is 1.41. The van der Waals surface area contributed by atoms with Gasteiger partial charge in [0.05, 0.1) is 19.3 Å². The van der Waals surface area contributed by atoms with Gasteiger partial charge >= 0.3 is 6.36 Å². The number of phenolic OH excluding ortho intramolecular Hbond substituents is 1. The molecule has 2 rings (SSSR count). The zero-order valence-corrected chi connectivity index (χ0v) is 13.2. The van der Waals surface area contributed by atoms with Crippen LogP contribution in [0.2, 0.25) is 0 Å². The van der Waals surface area contributed by atoms with Gasteiger partial charge in [0, 0.05) is 5.56 Å². The van der Waals surface area contributed by atoms with Gasteiger partial charge in [-0.05, 0) is 18.2 Å². The Morgan fingerprint density at radius 1 is 1.16 bits per heavy atom. The predicted octanol–water partition coefficient (Wildman–Crippen LogP) is 3.23. The molecule has 0 fully saturated rings. The normalized spacial score (nSPS) is 11.9. The number of ether oxygens (including phenoxy) is 2. The zero-order chi connectivity index (χ0) is 18.4. The number of phenols is 1. The summed E-state index contributed by atoms with van der Waals surface area (Å²) >= 11 is 0. The van der Waals surface area contributed by atoms with Crippen LogP contribution in [0.15, 0.2) is 47.5 Å². The van der Waals surface area contributed by atoms with E-state index in [1.807, 2.05) is 0 Å². The number of hydrogen-bond acceptors (Lipinski definition) is 4. The minimum absolute atomic E-state index is 0.00413. The molecule has 2 aromatic rings. The van der Waals surface area contributed by atoms with Gasteiger partial charge < -0.3 is 25.6 Å². The molecular weight excluding hydrogens is 339 g/mol. The number of methoxy groups -OCH3 is 1. The molecule has 0 aliphatic rings. The summed E-state index contributed by atoms with van der Waals surface area (Å²) in [5, 5.41) is 12.5. The third kappa shape index (κ3) is 5.20. The fourth-order valence-electron chi connectivity index (χ4n) is 1.99. The maximum absolute atomic E-state index is 12.4. The maximum atomic E-state index is 12.4. The lowest BCUT2D eigenvalue weighted by Gasteiger charge is -2.14. The van der Waals surface area contributed by atoms with E-state index in [1.165, 1.54) is 25.3 Å². The first kappa shape index (κ1) is 18.2. The first-order valence-electron chi connectivity index (χ1n) is 7.06. The largest absolute Gasteiger partial charge is 0.573 e. The fraction of sp³-hybridized carbons (Fsp3) is 0.188. The van der Waals surface area contributed by atoms with Gasteiger partial charge in [-0.3, -0.25) is 0 Å². The number of rotatable bonds is 5. The number of para-hydroxylation sites is 3. The van der Waals surface area contributed by atoms with Crippen molar-refractivity contribution in [2.24, 2.45) is 10.7 Å². The average Bonchev–Trinajstić information content (AvgIpc) is 2.54. The van der Waals surface area contributed by atoms with E-state index in [9.17, 15) is 18.3 Å². The second-order valence-electron chi connectivity index (χ2n) is 4.84. The van der Waals surface area contributed by atoms with E-state index in [-0.39, 0.29) is 29.7 Å².